The summed E-state index contributed by atoms with van der Waals surface area (Å²) in [6, 6.07) is 8.36. The highest BCUT2D eigenvalue weighted by Gasteiger charge is 2.14. The third-order valence-electron chi connectivity index (χ3n) is 3.59. The minimum atomic E-state index is -0.782. The van der Waals surface area contributed by atoms with Crippen molar-refractivity contribution in [1.29, 1.82) is 0 Å². The molecule has 124 valence electrons. The fraction of sp³-hybridized carbons (Fsp3) is 0.471. The molecule has 2 rings (SSSR count). The molecule has 1 aromatic heterocycles. The number of hydrogen-bond acceptors (Lipinski definition) is 5. The van der Waals surface area contributed by atoms with E-state index in [2.05, 4.69) is 47.5 Å². The van der Waals surface area contributed by atoms with Gasteiger partial charge in [-0.1, -0.05) is 43.2 Å². The van der Waals surface area contributed by atoms with E-state index in [1.165, 1.54) is 22.7 Å². The van der Waals surface area contributed by atoms with Crippen LogP contribution in [0.15, 0.2) is 24.3 Å². The van der Waals surface area contributed by atoms with Crippen molar-refractivity contribution in [3.05, 3.63) is 41.2 Å². The van der Waals surface area contributed by atoms with Crippen molar-refractivity contribution in [2.24, 2.45) is 0 Å². The molecule has 0 saturated heterocycles. The van der Waals surface area contributed by atoms with E-state index < -0.39 is 5.97 Å². The number of unbranched alkanes of at least 4 members (excludes halogenated alkanes) is 1. The average molecular weight is 333 g/mol. The van der Waals surface area contributed by atoms with Gasteiger partial charge >= 0.3 is 5.97 Å². The summed E-state index contributed by atoms with van der Waals surface area (Å²) in [5.41, 5.74) is 2.42. The van der Waals surface area contributed by atoms with Crippen molar-refractivity contribution in [2.45, 2.75) is 39.5 Å². The molecule has 2 aromatic rings. The number of aliphatic carboxylic acids is 1. The van der Waals surface area contributed by atoms with Crippen LogP contribution in [0.3, 0.4) is 0 Å². The average Bonchev–Trinajstić information content (AvgIpc) is 2.98. The number of aryl methyl sites for hydroxylation is 1. The van der Waals surface area contributed by atoms with Crippen molar-refractivity contribution >= 4 is 22.6 Å². The Morgan fingerprint density at radius 3 is 2.65 bits per heavy atom. The van der Waals surface area contributed by atoms with E-state index >= 15 is 0 Å². The number of carboxylic acids is 1. The van der Waals surface area contributed by atoms with Crippen molar-refractivity contribution < 1.29 is 9.90 Å². The lowest BCUT2D eigenvalue weighted by atomic mass is 10.1. The molecule has 0 atom stereocenters. The van der Waals surface area contributed by atoms with Crippen molar-refractivity contribution in [3.8, 4) is 0 Å². The quantitative estimate of drug-likeness (QED) is 0.760. The molecule has 0 aliphatic rings. The predicted octanol–water partition coefficient (Wildman–Crippen LogP) is 3.52. The summed E-state index contributed by atoms with van der Waals surface area (Å²) in [7, 11) is 0. The van der Waals surface area contributed by atoms with Gasteiger partial charge in [0.25, 0.3) is 0 Å². The number of aromatic nitrogens is 2. The Morgan fingerprint density at radius 2 is 2.00 bits per heavy atom. The van der Waals surface area contributed by atoms with Gasteiger partial charge in [-0.25, -0.2) is 4.98 Å². The summed E-state index contributed by atoms with van der Waals surface area (Å²) in [4.78, 5) is 17.5. The number of hydrogen-bond donors (Lipinski definition) is 1. The number of carboxylic acid groups (broad SMARTS) is 1. The maximum absolute atomic E-state index is 10.8. The van der Waals surface area contributed by atoms with Crippen LogP contribution in [0.5, 0.6) is 0 Å². The van der Waals surface area contributed by atoms with E-state index in [1.54, 1.807) is 0 Å². The lowest BCUT2D eigenvalue weighted by Crippen LogP contribution is -2.27. The minimum Gasteiger partial charge on any atom is -0.481 e. The molecule has 0 saturated carbocycles. The molecular weight excluding hydrogens is 310 g/mol. The molecule has 0 aliphatic heterocycles. The Hall–Kier alpha value is -1.95. The van der Waals surface area contributed by atoms with Crippen LogP contribution in [0, 0.1) is 6.92 Å². The van der Waals surface area contributed by atoms with Crippen LogP contribution >= 0.6 is 11.5 Å². The zero-order valence-electron chi connectivity index (χ0n) is 13.7. The first-order valence-electron chi connectivity index (χ1n) is 7.93. The Bertz CT molecular complexity index is 625. The summed E-state index contributed by atoms with van der Waals surface area (Å²) in [6.07, 6.45) is 2.92. The van der Waals surface area contributed by atoms with E-state index in [4.69, 9.17) is 5.11 Å². The second kappa shape index (κ2) is 8.62. The molecule has 0 amide bonds. The van der Waals surface area contributed by atoms with Gasteiger partial charge in [-0.05, 0) is 18.9 Å². The van der Waals surface area contributed by atoms with Crippen LogP contribution in [-0.4, -0.2) is 33.5 Å². The second-order valence-electron chi connectivity index (χ2n) is 5.64. The Labute approximate surface area is 141 Å². The van der Waals surface area contributed by atoms with Gasteiger partial charge in [0.15, 0.2) is 0 Å². The van der Waals surface area contributed by atoms with Gasteiger partial charge in [0.05, 0.1) is 6.42 Å². The van der Waals surface area contributed by atoms with Crippen molar-refractivity contribution in [1.82, 2.24) is 9.36 Å². The highest BCUT2D eigenvalue weighted by atomic mass is 32.1. The fourth-order valence-corrected chi connectivity index (χ4v) is 2.95. The molecule has 0 radical (unpaired) electrons. The molecule has 1 heterocycles. The van der Waals surface area contributed by atoms with E-state index in [0.29, 0.717) is 13.0 Å². The topological polar surface area (TPSA) is 66.3 Å². The van der Waals surface area contributed by atoms with E-state index in [-0.39, 0.29) is 6.42 Å². The molecule has 0 fully saturated rings. The van der Waals surface area contributed by atoms with Gasteiger partial charge < -0.3 is 10.0 Å². The van der Waals surface area contributed by atoms with Crippen molar-refractivity contribution in [2.75, 3.05) is 18.0 Å². The fourth-order valence-electron chi connectivity index (χ4n) is 2.22. The monoisotopic (exact) mass is 333 g/mol. The van der Waals surface area contributed by atoms with Crippen molar-refractivity contribution in [3.63, 3.8) is 0 Å². The zero-order chi connectivity index (χ0) is 16.7. The summed E-state index contributed by atoms with van der Waals surface area (Å²) >= 11 is 1.35. The van der Waals surface area contributed by atoms with E-state index in [0.717, 1.165) is 30.3 Å². The van der Waals surface area contributed by atoms with Gasteiger partial charge in [-0.15, -0.1) is 0 Å². The largest absolute Gasteiger partial charge is 0.481 e. The Balaban J connectivity index is 2.03. The molecule has 1 aromatic carbocycles. The second-order valence-corrected chi connectivity index (χ2v) is 6.37. The molecule has 6 heteroatoms. The van der Waals surface area contributed by atoms with E-state index in [1.807, 2.05) is 4.90 Å². The molecule has 1 N–H and O–H groups in total. The zero-order valence-corrected chi connectivity index (χ0v) is 14.5. The number of carbonyl (C=O) groups is 1. The Kier molecular flexibility index (Phi) is 6.52. The SMILES string of the molecule is CCCCN(CCC(=O)O)c1nc(Cc2ccc(C)cc2)ns1. The highest BCUT2D eigenvalue weighted by Crippen LogP contribution is 2.20. The predicted molar refractivity (Wildman–Crippen MR) is 93.3 cm³/mol. The Morgan fingerprint density at radius 1 is 1.26 bits per heavy atom. The third-order valence-corrected chi connectivity index (χ3v) is 4.40. The molecule has 0 spiro atoms. The third kappa shape index (κ3) is 5.63. The van der Waals surface area contributed by atoms with Crippen LogP contribution in [-0.2, 0) is 11.2 Å². The van der Waals surface area contributed by atoms with Gasteiger partial charge in [-0.2, -0.15) is 4.37 Å². The summed E-state index contributed by atoms with van der Waals surface area (Å²) in [6.45, 7) is 5.49. The lowest BCUT2D eigenvalue weighted by Gasteiger charge is -2.19. The molecule has 0 unspecified atom stereocenters. The standard InChI is InChI=1S/C17H23N3O2S/c1-3-4-10-20(11-9-16(21)22)17-18-15(19-23-17)12-14-7-5-13(2)6-8-14/h5-8H,3-4,9-12H2,1-2H3,(H,21,22). The highest BCUT2D eigenvalue weighted by molar-refractivity contribution is 7.09. The number of anilines is 1. The van der Waals surface area contributed by atoms with Gasteiger partial charge in [0.1, 0.15) is 5.82 Å². The summed E-state index contributed by atoms with van der Waals surface area (Å²) in [5, 5.41) is 9.72. The van der Waals surface area contributed by atoms with Crippen LogP contribution in [0.1, 0.15) is 43.1 Å². The molecule has 0 aliphatic carbocycles. The smallest absolute Gasteiger partial charge is 0.305 e. The number of benzene rings is 1. The number of rotatable bonds is 9. The maximum Gasteiger partial charge on any atom is 0.305 e. The van der Waals surface area contributed by atoms with E-state index in [9.17, 15) is 4.79 Å². The molecule has 0 bridgehead atoms. The van der Waals surface area contributed by atoms with Crippen LogP contribution in [0.2, 0.25) is 0 Å². The first-order valence-corrected chi connectivity index (χ1v) is 8.70. The van der Waals surface area contributed by atoms with Gasteiger partial charge in [0, 0.05) is 31.0 Å². The first kappa shape index (κ1) is 17.4. The summed E-state index contributed by atoms with van der Waals surface area (Å²) < 4.78 is 4.43. The maximum atomic E-state index is 10.8. The van der Waals surface area contributed by atoms with Gasteiger partial charge in [-0.3, -0.25) is 4.79 Å². The first-order chi connectivity index (χ1) is 11.1. The summed E-state index contributed by atoms with van der Waals surface area (Å²) in [5.74, 6) is 0.0153. The van der Waals surface area contributed by atoms with Gasteiger partial charge in [0.2, 0.25) is 5.13 Å². The molecular formula is C17H23N3O2S. The normalized spacial score (nSPS) is 10.7. The molecule has 23 heavy (non-hydrogen) atoms. The lowest BCUT2D eigenvalue weighted by molar-refractivity contribution is -0.136. The van der Waals surface area contributed by atoms with Crippen LogP contribution in [0.4, 0.5) is 5.13 Å². The van der Waals surface area contributed by atoms with Crippen LogP contribution in [0.25, 0.3) is 0 Å². The van der Waals surface area contributed by atoms with Crippen LogP contribution < -0.4 is 4.90 Å². The molecule has 5 nitrogen and oxygen atoms in total. The number of nitrogens with zero attached hydrogens (tertiary/aromatic N) is 3. The minimum absolute atomic E-state index is 0.122.